The van der Waals surface area contributed by atoms with E-state index in [1.807, 2.05) is 0 Å². The number of aromatic nitrogens is 1. The summed E-state index contributed by atoms with van der Waals surface area (Å²) in [6.45, 7) is 4.03. The minimum Gasteiger partial charge on any atom is -0.390 e. The highest BCUT2D eigenvalue weighted by atomic mass is 19.3. The van der Waals surface area contributed by atoms with E-state index in [2.05, 4.69) is 22.1 Å². The zero-order valence-corrected chi connectivity index (χ0v) is 21.5. The number of nitrogens with one attached hydrogen (secondary N) is 2. The van der Waals surface area contributed by atoms with Crippen LogP contribution in [0.25, 0.3) is 10.9 Å². The van der Waals surface area contributed by atoms with Gasteiger partial charge in [0.2, 0.25) is 0 Å². The molecule has 0 bridgehead atoms. The highest BCUT2D eigenvalue weighted by Gasteiger charge is 2.43. The molecular formula is C28H33F5N4O. The van der Waals surface area contributed by atoms with Crippen LogP contribution in [0.2, 0.25) is 0 Å². The largest absolute Gasteiger partial charge is 0.390 e. The first-order valence-corrected chi connectivity index (χ1v) is 13.1. The summed E-state index contributed by atoms with van der Waals surface area (Å²) in [5.41, 5.74) is 0.983. The smallest absolute Gasteiger partial charge is 0.283 e. The van der Waals surface area contributed by atoms with Crippen molar-refractivity contribution in [3.8, 4) is 0 Å². The first-order chi connectivity index (χ1) is 18.1. The van der Waals surface area contributed by atoms with Gasteiger partial charge in [0.25, 0.3) is 5.92 Å². The third kappa shape index (κ3) is 5.01. The molecule has 10 heteroatoms. The highest BCUT2D eigenvalue weighted by molar-refractivity contribution is 5.86. The molecule has 0 aliphatic carbocycles. The van der Waals surface area contributed by atoms with Crippen LogP contribution in [0.5, 0.6) is 0 Å². The van der Waals surface area contributed by atoms with Crippen LogP contribution in [0.4, 0.5) is 27.6 Å². The fourth-order valence-corrected chi connectivity index (χ4v) is 5.81. The number of alkyl halides is 2. The fraction of sp³-hybridized carbons (Fsp3) is 0.500. The molecule has 2 aliphatic rings. The van der Waals surface area contributed by atoms with Gasteiger partial charge in [0.1, 0.15) is 24.1 Å². The Morgan fingerprint density at radius 1 is 1.11 bits per heavy atom. The number of para-hydroxylation sites is 1. The molecule has 0 amide bonds. The summed E-state index contributed by atoms with van der Waals surface area (Å²) >= 11 is 0. The van der Waals surface area contributed by atoms with E-state index in [4.69, 9.17) is 0 Å². The summed E-state index contributed by atoms with van der Waals surface area (Å²) in [4.78, 5) is 6.50. The number of aliphatic hydroxyl groups excluding tert-OH is 1. The Morgan fingerprint density at radius 2 is 1.82 bits per heavy atom. The van der Waals surface area contributed by atoms with Crippen molar-refractivity contribution in [2.24, 2.45) is 0 Å². The average molecular weight is 537 g/mol. The number of halogens is 5. The second kappa shape index (κ2) is 10.5. The van der Waals surface area contributed by atoms with Crippen LogP contribution < -0.4 is 5.32 Å². The molecule has 1 fully saturated rings. The molecule has 0 unspecified atom stereocenters. The van der Waals surface area contributed by atoms with Crippen molar-refractivity contribution in [1.29, 1.82) is 0 Å². The third-order valence-corrected chi connectivity index (χ3v) is 7.75. The quantitative estimate of drug-likeness (QED) is 0.319. The van der Waals surface area contributed by atoms with Gasteiger partial charge in [-0.25, -0.2) is 22.0 Å². The van der Waals surface area contributed by atoms with Crippen molar-refractivity contribution in [1.82, 2.24) is 14.8 Å². The molecule has 0 spiro atoms. The molecule has 2 aliphatic heterocycles. The maximum absolute atomic E-state index is 15.7. The number of anilines is 1. The van der Waals surface area contributed by atoms with Crippen molar-refractivity contribution in [3.05, 3.63) is 64.6 Å². The summed E-state index contributed by atoms with van der Waals surface area (Å²) < 4.78 is 74.9. The molecule has 3 aromatic rings. The zero-order chi connectivity index (χ0) is 27.2. The fourth-order valence-electron chi connectivity index (χ4n) is 5.81. The van der Waals surface area contributed by atoms with E-state index in [-0.39, 0.29) is 34.9 Å². The van der Waals surface area contributed by atoms with E-state index < -0.39 is 48.6 Å². The summed E-state index contributed by atoms with van der Waals surface area (Å²) in [5.74, 6) is -5.79. The van der Waals surface area contributed by atoms with Gasteiger partial charge >= 0.3 is 0 Å². The topological polar surface area (TPSA) is 54.5 Å². The Hall–Kier alpha value is -2.69. The Labute approximate surface area is 218 Å². The van der Waals surface area contributed by atoms with Gasteiger partial charge in [0.15, 0.2) is 0 Å². The van der Waals surface area contributed by atoms with E-state index in [9.17, 15) is 18.3 Å². The maximum atomic E-state index is 15.7. The number of unbranched alkanes of at least 4 members (excludes halogenated alkanes) is 1. The van der Waals surface area contributed by atoms with Gasteiger partial charge in [-0.3, -0.25) is 9.80 Å². The van der Waals surface area contributed by atoms with E-state index in [1.165, 1.54) is 23.1 Å². The van der Waals surface area contributed by atoms with Crippen molar-refractivity contribution in [2.75, 3.05) is 38.1 Å². The molecule has 0 radical (unpaired) electrons. The number of rotatable bonds is 9. The van der Waals surface area contributed by atoms with Crippen molar-refractivity contribution in [2.45, 2.75) is 57.2 Å². The average Bonchev–Trinajstić information content (AvgIpc) is 3.21. The molecule has 206 valence electrons. The lowest BCUT2D eigenvalue weighted by Gasteiger charge is -2.42. The summed E-state index contributed by atoms with van der Waals surface area (Å²) in [6.07, 6.45) is 2.46. The monoisotopic (exact) mass is 536 g/mol. The number of hydrogen-bond acceptors (Lipinski definition) is 4. The Morgan fingerprint density at radius 3 is 2.47 bits per heavy atom. The van der Waals surface area contributed by atoms with Gasteiger partial charge in [-0.2, -0.15) is 0 Å². The predicted octanol–water partition coefficient (Wildman–Crippen LogP) is 5.45. The normalized spacial score (nSPS) is 21.1. The number of H-pyrrole nitrogens is 1. The van der Waals surface area contributed by atoms with E-state index in [1.54, 1.807) is 19.1 Å². The van der Waals surface area contributed by atoms with E-state index in [0.29, 0.717) is 10.9 Å². The van der Waals surface area contributed by atoms with Gasteiger partial charge in [-0.1, -0.05) is 25.5 Å². The number of nitrogens with zero attached hydrogens (tertiary/aromatic N) is 2. The van der Waals surface area contributed by atoms with Crippen LogP contribution in [0.15, 0.2) is 30.3 Å². The number of benzene rings is 2. The standard InChI is InChI=1S/C28H33F5N4O/c1-3-4-8-36-12-18(13-36)34-17-10-22(30)24(23(31)11-17)27-26-20(19-6-5-7-21(29)25(19)35-26)9-16(2)37(27)14-28(32,33)15-38/h5-7,10-11,16,18,27,34-35,38H,3-4,8-9,12-15H2,1-2H3/t16-,27-/m1/s1. The minimum atomic E-state index is -3.50. The number of fused-ring (bicyclic) bond motifs is 3. The zero-order valence-electron chi connectivity index (χ0n) is 21.5. The second-order valence-electron chi connectivity index (χ2n) is 10.6. The van der Waals surface area contributed by atoms with Crippen LogP contribution in [-0.2, 0) is 6.42 Å². The Bertz CT molecular complexity index is 1280. The first kappa shape index (κ1) is 26.9. The van der Waals surface area contributed by atoms with Crippen LogP contribution in [0.1, 0.15) is 49.6 Å². The minimum absolute atomic E-state index is 0.0641. The third-order valence-electron chi connectivity index (χ3n) is 7.75. The van der Waals surface area contributed by atoms with Gasteiger partial charge in [-0.15, -0.1) is 0 Å². The van der Waals surface area contributed by atoms with Crippen LogP contribution >= 0.6 is 0 Å². The molecule has 0 saturated carbocycles. The van der Waals surface area contributed by atoms with Gasteiger partial charge in [0, 0.05) is 41.5 Å². The van der Waals surface area contributed by atoms with Gasteiger partial charge in [0.05, 0.1) is 24.1 Å². The molecule has 38 heavy (non-hydrogen) atoms. The maximum Gasteiger partial charge on any atom is 0.283 e. The summed E-state index contributed by atoms with van der Waals surface area (Å²) in [6, 6.07) is 5.14. The van der Waals surface area contributed by atoms with Crippen molar-refractivity contribution < 1.29 is 27.1 Å². The van der Waals surface area contributed by atoms with E-state index >= 15 is 8.78 Å². The molecule has 2 aromatic carbocycles. The molecule has 2 atom stereocenters. The number of likely N-dealkylation sites (tertiary alicyclic amines) is 1. The summed E-state index contributed by atoms with van der Waals surface area (Å²) in [5, 5.41) is 13.0. The lowest BCUT2D eigenvalue weighted by atomic mass is 9.87. The van der Waals surface area contributed by atoms with Crippen LogP contribution in [-0.4, -0.2) is 70.7 Å². The molecule has 3 heterocycles. The van der Waals surface area contributed by atoms with Gasteiger partial charge < -0.3 is 15.4 Å². The van der Waals surface area contributed by atoms with Crippen LogP contribution in [0, 0.1) is 17.5 Å². The molecule has 1 aromatic heterocycles. The first-order valence-electron chi connectivity index (χ1n) is 13.1. The lowest BCUT2D eigenvalue weighted by molar-refractivity contribution is -0.0869. The lowest BCUT2D eigenvalue weighted by Crippen LogP contribution is -2.54. The number of hydrogen-bond donors (Lipinski definition) is 3. The van der Waals surface area contributed by atoms with Crippen molar-refractivity contribution >= 4 is 16.6 Å². The SMILES string of the molecule is CCCCN1CC(Nc2cc(F)c([C@@H]3c4[nH]c5c(F)cccc5c4C[C@@H](C)N3CC(F)(F)CO)c(F)c2)C1. The second-order valence-corrected chi connectivity index (χ2v) is 10.6. The Kier molecular flexibility index (Phi) is 7.41. The van der Waals surface area contributed by atoms with Crippen LogP contribution in [0.3, 0.4) is 0 Å². The Balaban J connectivity index is 1.52. The molecule has 5 rings (SSSR count). The molecule has 5 nitrogen and oxygen atoms in total. The molecule has 3 N–H and O–H groups in total. The van der Waals surface area contributed by atoms with E-state index in [0.717, 1.165) is 32.5 Å². The summed E-state index contributed by atoms with van der Waals surface area (Å²) in [7, 11) is 0. The van der Waals surface area contributed by atoms with Crippen molar-refractivity contribution in [3.63, 3.8) is 0 Å². The predicted molar refractivity (Wildman–Crippen MR) is 137 cm³/mol. The van der Waals surface area contributed by atoms with Gasteiger partial charge in [-0.05, 0) is 50.1 Å². The molecule has 1 saturated heterocycles. The number of aromatic amines is 1. The highest BCUT2D eigenvalue weighted by Crippen LogP contribution is 2.44. The number of aliphatic hydroxyl groups is 1. The molecular weight excluding hydrogens is 503 g/mol.